The molecule has 1 amide bonds. The third kappa shape index (κ3) is 2.52. The number of nitrogens with one attached hydrogen (secondary N) is 1. The molecule has 0 bridgehead atoms. The Morgan fingerprint density at radius 2 is 2.00 bits per heavy atom. The van der Waals surface area contributed by atoms with Crippen molar-refractivity contribution in [3.63, 3.8) is 0 Å². The van der Waals surface area contributed by atoms with E-state index in [1.54, 1.807) is 0 Å². The molecule has 0 aromatic heterocycles. The molecule has 0 fully saturated rings. The molecule has 0 heterocycles. The minimum Gasteiger partial charge on any atom is -0.390 e. The second-order valence-electron chi connectivity index (χ2n) is 5.02. The van der Waals surface area contributed by atoms with Gasteiger partial charge in [-0.15, -0.1) is 0 Å². The Hall–Kier alpha value is -1.91. The van der Waals surface area contributed by atoms with Crippen LogP contribution in [0.15, 0.2) is 42.5 Å². The maximum absolute atomic E-state index is 13.4. The topological polar surface area (TPSA) is 49.3 Å². The molecule has 2 aromatic carbocycles. The summed E-state index contributed by atoms with van der Waals surface area (Å²) in [6, 6.07) is 11.1. The molecule has 1 aliphatic rings. The van der Waals surface area contributed by atoms with E-state index in [0.717, 1.165) is 11.1 Å². The molecule has 0 radical (unpaired) electrons. The zero-order chi connectivity index (χ0) is 15.0. The van der Waals surface area contributed by atoms with E-state index in [1.165, 1.54) is 18.2 Å². The predicted octanol–water partition coefficient (Wildman–Crippen LogP) is 2.87. The van der Waals surface area contributed by atoms with Gasteiger partial charge in [0.25, 0.3) is 5.91 Å². The molecule has 2 aromatic rings. The van der Waals surface area contributed by atoms with Gasteiger partial charge >= 0.3 is 0 Å². The largest absolute Gasteiger partial charge is 0.390 e. The van der Waals surface area contributed by atoms with Crippen molar-refractivity contribution >= 4 is 17.5 Å². The third-order valence-electron chi connectivity index (χ3n) is 3.69. The Balaban J connectivity index is 1.87. The van der Waals surface area contributed by atoms with E-state index < -0.39 is 23.9 Å². The van der Waals surface area contributed by atoms with Gasteiger partial charge in [-0.25, -0.2) is 4.39 Å². The van der Waals surface area contributed by atoms with E-state index in [9.17, 15) is 14.3 Å². The molecular formula is C16H13ClFNO2. The SMILES string of the molecule is O=C(N[C@H]1c2ccccc2C[C@H]1O)c1cccc(F)c1Cl. The van der Waals surface area contributed by atoms with E-state index in [0.29, 0.717) is 6.42 Å². The molecule has 0 aliphatic heterocycles. The fraction of sp³-hybridized carbons (Fsp3) is 0.188. The monoisotopic (exact) mass is 305 g/mol. The van der Waals surface area contributed by atoms with E-state index in [1.807, 2.05) is 24.3 Å². The normalized spacial score (nSPS) is 20.1. The van der Waals surface area contributed by atoms with Crippen LogP contribution in [-0.2, 0) is 6.42 Å². The van der Waals surface area contributed by atoms with Crippen molar-refractivity contribution in [1.29, 1.82) is 0 Å². The van der Waals surface area contributed by atoms with Crippen molar-refractivity contribution in [3.8, 4) is 0 Å². The number of aliphatic hydroxyl groups excluding tert-OH is 1. The summed E-state index contributed by atoms with van der Waals surface area (Å²) in [5, 5.41) is 12.6. The summed E-state index contributed by atoms with van der Waals surface area (Å²) < 4.78 is 13.4. The van der Waals surface area contributed by atoms with E-state index in [4.69, 9.17) is 11.6 Å². The maximum Gasteiger partial charge on any atom is 0.253 e. The van der Waals surface area contributed by atoms with Crippen molar-refractivity contribution in [2.24, 2.45) is 0 Å². The number of fused-ring (bicyclic) bond motifs is 1. The van der Waals surface area contributed by atoms with Gasteiger partial charge in [0.05, 0.1) is 22.7 Å². The molecule has 2 atom stereocenters. The van der Waals surface area contributed by atoms with Gasteiger partial charge in [-0.2, -0.15) is 0 Å². The van der Waals surface area contributed by atoms with Crippen molar-refractivity contribution in [1.82, 2.24) is 5.32 Å². The molecule has 5 heteroatoms. The summed E-state index contributed by atoms with van der Waals surface area (Å²) in [6.07, 6.45) is -0.212. The molecule has 0 spiro atoms. The van der Waals surface area contributed by atoms with Gasteiger partial charge in [0.15, 0.2) is 0 Å². The first kappa shape index (κ1) is 14.0. The smallest absolute Gasteiger partial charge is 0.253 e. The van der Waals surface area contributed by atoms with Crippen LogP contribution < -0.4 is 5.32 Å². The average Bonchev–Trinajstić information content (AvgIpc) is 2.78. The lowest BCUT2D eigenvalue weighted by Crippen LogP contribution is -2.34. The molecule has 108 valence electrons. The van der Waals surface area contributed by atoms with Gasteiger partial charge in [-0.1, -0.05) is 41.9 Å². The van der Waals surface area contributed by atoms with Crippen LogP contribution in [0, 0.1) is 5.82 Å². The van der Waals surface area contributed by atoms with Crippen LogP contribution in [-0.4, -0.2) is 17.1 Å². The first-order chi connectivity index (χ1) is 10.1. The zero-order valence-corrected chi connectivity index (χ0v) is 11.8. The summed E-state index contributed by atoms with van der Waals surface area (Å²) in [6.45, 7) is 0. The number of carbonyl (C=O) groups excluding carboxylic acids is 1. The quantitative estimate of drug-likeness (QED) is 0.896. The number of aliphatic hydroxyl groups is 1. The van der Waals surface area contributed by atoms with Crippen LogP contribution in [0.5, 0.6) is 0 Å². The van der Waals surface area contributed by atoms with Gasteiger partial charge in [0, 0.05) is 6.42 Å². The van der Waals surface area contributed by atoms with Crippen LogP contribution >= 0.6 is 11.6 Å². The summed E-state index contributed by atoms with van der Waals surface area (Å²) in [5.74, 6) is -1.14. The molecule has 1 aliphatic carbocycles. The van der Waals surface area contributed by atoms with Gasteiger partial charge in [-0.3, -0.25) is 4.79 Å². The third-order valence-corrected chi connectivity index (χ3v) is 4.07. The minimum atomic E-state index is -0.696. The minimum absolute atomic E-state index is 0.0632. The molecule has 3 rings (SSSR count). The van der Waals surface area contributed by atoms with E-state index >= 15 is 0 Å². The lowest BCUT2D eigenvalue weighted by Gasteiger charge is -2.18. The predicted molar refractivity (Wildman–Crippen MR) is 77.8 cm³/mol. The van der Waals surface area contributed by atoms with E-state index in [-0.39, 0.29) is 10.6 Å². The number of rotatable bonds is 2. The first-order valence-corrected chi connectivity index (χ1v) is 6.96. The fourth-order valence-electron chi connectivity index (χ4n) is 2.65. The first-order valence-electron chi connectivity index (χ1n) is 6.58. The van der Waals surface area contributed by atoms with Crippen LogP contribution in [0.1, 0.15) is 27.5 Å². The van der Waals surface area contributed by atoms with Gasteiger partial charge in [-0.05, 0) is 23.3 Å². The highest BCUT2D eigenvalue weighted by Crippen LogP contribution is 2.32. The standard InChI is InChI=1S/C16H13ClFNO2/c17-14-11(6-3-7-12(14)18)16(21)19-15-10-5-2-1-4-9(10)8-13(15)20/h1-7,13,15,20H,8H2,(H,19,21)/t13-,15+/m1/s1. The Morgan fingerprint density at radius 1 is 1.24 bits per heavy atom. The van der Waals surface area contributed by atoms with Crippen LogP contribution in [0.25, 0.3) is 0 Å². The summed E-state index contributed by atoms with van der Waals surface area (Å²) >= 11 is 5.81. The summed E-state index contributed by atoms with van der Waals surface area (Å²) in [7, 11) is 0. The lowest BCUT2D eigenvalue weighted by atomic mass is 10.1. The second-order valence-corrected chi connectivity index (χ2v) is 5.40. The number of hydrogen-bond acceptors (Lipinski definition) is 2. The lowest BCUT2D eigenvalue weighted by molar-refractivity contribution is 0.0858. The fourth-order valence-corrected chi connectivity index (χ4v) is 2.86. The Bertz CT molecular complexity index is 704. The van der Waals surface area contributed by atoms with Crippen LogP contribution in [0.3, 0.4) is 0 Å². The van der Waals surface area contributed by atoms with Crippen LogP contribution in [0.4, 0.5) is 4.39 Å². The molecule has 0 saturated carbocycles. The van der Waals surface area contributed by atoms with Gasteiger partial charge in [0.1, 0.15) is 5.82 Å². The Kier molecular flexibility index (Phi) is 3.66. The number of halogens is 2. The van der Waals surface area contributed by atoms with Crippen LogP contribution in [0.2, 0.25) is 5.02 Å². The number of carbonyl (C=O) groups is 1. The molecular weight excluding hydrogens is 293 g/mol. The molecule has 2 N–H and O–H groups in total. The van der Waals surface area contributed by atoms with Crippen molar-refractivity contribution in [2.75, 3.05) is 0 Å². The average molecular weight is 306 g/mol. The van der Waals surface area contributed by atoms with Crippen molar-refractivity contribution in [2.45, 2.75) is 18.6 Å². The number of amides is 1. The molecule has 21 heavy (non-hydrogen) atoms. The van der Waals surface area contributed by atoms with Gasteiger partial charge in [0.2, 0.25) is 0 Å². The number of benzene rings is 2. The Morgan fingerprint density at radius 3 is 2.81 bits per heavy atom. The summed E-state index contributed by atoms with van der Waals surface area (Å²) in [5.41, 5.74) is 1.94. The number of hydrogen-bond donors (Lipinski definition) is 2. The highest BCUT2D eigenvalue weighted by atomic mass is 35.5. The maximum atomic E-state index is 13.4. The van der Waals surface area contributed by atoms with Gasteiger partial charge < -0.3 is 10.4 Å². The second kappa shape index (κ2) is 5.47. The summed E-state index contributed by atoms with van der Waals surface area (Å²) in [4.78, 5) is 12.3. The highest BCUT2D eigenvalue weighted by Gasteiger charge is 2.32. The molecule has 3 nitrogen and oxygen atoms in total. The van der Waals surface area contributed by atoms with E-state index in [2.05, 4.69) is 5.32 Å². The molecule has 0 saturated heterocycles. The van der Waals surface area contributed by atoms with Crippen molar-refractivity contribution in [3.05, 3.63) is 70.0 Å². The van der Waals surface area contributed by atoms with Crippen molar-refractivity contribution < 1.29 is 14.3 Å². The highest BCUT2D eigenvalue weighted by molar-refractivity contribution is 6.34. The zero-order valence-electron chi connectivity index (χ0n) is 11.0. The molecule has 0 unspecified atom stereocenters. The Labute approximate surface area is 126 Å².